The van der Waals surface area contributed by atoms with Crippen molar-refractivity contribution in [3.8, 4) is 16.9 Å². The van der Waals surface area contributed by atoms with E-state index in [4.69, 9.17) is 17.2 Å². The molecule has 0 unspecified atom stereocenters. The number of aryl methyl sites for hydroxylation is 1. The molecule has 2 aliphatic carbocycles. The summed E-state index contributed by atoms with van der Waals surface area (Å²) in [4.78, 5) is 19.7. The van der Waals surface area contributed by atoms with Crippen LogP contribution in [0.5, 0.6) is 0 Å². The van der Waals surface area contributed by atoms with Crippen LogP contribution in [0.3, 0.4) is 0 Å². The van der Waals surface area contributed by atoms with E-state index in [0.717, 1.165) is 65.7 Å². The Labute approximate surface area is 217 Å². The Kier molecular flexibility index (Phi) is 6.67. The minimum atomic E-state index is -0.180. The lowest BCUT2D eigenvalue weighted by atomic mass is 9.62. The first-order chi connectivity index (χ1) is 17.4. The second-order valence-corrected chi connectivity index (χ2v) is 10.6. The monoisotopic (exact) mass is 499 g/mol. The highest BCUT2D eigenvalue weighted by atomic mass is 32.1. The zero-order valence-electron chi connectivity index (χ0n) is 21.0. The van der Waals surface area contributed by atoms with E-state index in [9.17, 15) is 4.79 Å². The average molecular weight is 500 g/mol. The molecular formula is C29H33N5OS. The van der Waals surface area contributed by atoms with Crippen molar-refractivity contribution in [2.24, 2.45) is 0 Å². The van der Waals surface area contributed by atoms with Crippen molar-refractivity contribution in [2.45, 2.75) is 57.8 Å². The van der Waals surface area contributed by atoms with E-state index in [1.807, 2.05) is 44.2 Å². The van der Waals surface area contributed by atoms with E-state index in [2.05, 4.69) is 40.9 Å². The molecule has 5 rings (SSSR count). The van der Waals surface area contributed by atoms with Gasteiger partial charge >= 0.3 is 0 Å². The van der Waals surface area contributed by atoms with Crippen LogP contribution >= 0.6 is 12.2 Å². The average Bonchev–Trinajstić information content (AvgIpc) is 2.87. The first-order valence-corrected chi connectivity index (χ1v) is 13.1. The van der Waals surface area contributed by atoms with Crippen molar-refractivity contribution in [3.05, 3.63) is 87.7 Å². The minimum absolute atomic E-state index is 0.00387. The third kappa shape index (κ3) is 4.44. The number of thiocarbonyl (C=S) groups is 1. The fourth-order valence-electron chi connectivity index (χ4n) is 5.72. The molecule has 6 nitrogen and oxygen atoms in total. The normalized spacial score (nSPS) is 15.5. The van der Waals surface area contributed by atoms with Crippen LogP contribution in [0.25, 0.3) is 16.9 Å². The second-order valence-electron chi connectivity index (χ2n) is 10.2. The van der Waals surface area contributed by atoms with Gasteiger partial charge in [-0.3, -0.25) is 15.6 Å². The molecule has 3 N–H and O–H groups in total. The summed E-state index contributed by atoms with van der Waals surface area (Å²) in [6, 6.07) is 16.3. The van der Waals surface area contributed by atoms with Gasteiger partial charge in [-0.1, -0.05) is 73.9 Å². The molecule has 0 amide bonds. The highest BCUT2D eigenvalue weighted by molar-refractivity contribution is 7.80. The number of hydrogen-bond donors (Lipinski definition) is 3. The maximum Gasteiger partial charge on any atom is 0.263 e. The Morgan fingerprint density at radius 1 is 1.11 bits per heavy atom. The highest BCUT2D eigenvalue weighted by Crippen LogP contribution is 2.48. The molecule has 186 valence electrons. The summed E-state index contributed by atoms with van der Waals surface area (Å²) in [7, 11) is 0. The first kappa shape index (κ1) is 24.3. The van der Waals surface area contributed by atoms with Gasteiger partial charge in [0.25, 0.3) is 5.56 Å². The van der Waals surface area contributed by atoms with Gasteiger partial charge in [-0.05, 0) is 62.5 Å². The summed E-state index contributed by atoms with van der Waals surface area (Å²) in [5, 5.41) is 3.51. The molecule has 0 saturated heterocycles. The lowest BCUT2D eigenvalue weighted by Crippen LogP contribution is -2.45. The lowest BCUT2D eigenvalue weighted by molar-refractivity contribution is 0.284. The number of nitrogens with one attached hydrogen (secondary N) is 3. The molecular weight excluding hydrogens is 466 g/mol. The quantitative estimate of drug-likeness (QED) is 0.250. The molecule has 7 heteroatoms. The molecule has 3 aromatic rings. The van der Waals surface area contributed by atoms with E-state index in [1.165, 1.54) is 12.0 Å². The fraction of sp³-hybridized carbons (Fsp3) is 0.345. The number of rotatable bonds is 5. The maximum absolute atomic E-state index is 14.5. The third-order valence-electron chi connectivity index (χ3n) is 7.42. The smallest absolute Gasteiger partial charge is 0.263 e. The van der Waals surface area contributed by atoms with Gasteiger partial charge < -0.3 is 5.32 Å². The van der Waals surface area contributed by atoms with E-state index in [0.29, 0.717) is 17.6 Å². The highest BCUT2D eigenvalue weighted by Gasteiger charge is 2.43. The topological polar surface area (TPSA) is 71.0 Å². The zero-order valence-corrected chi connectivity index (χ0v) is 21.8. The lowest BCUT2D eigenvalue weighted by Gasteiger charge is -2.42. The number of benzene rings is 2. The number of anilines is 1. The SMILES string of the molecule is C=C(C)CNC(=S)NNc1nc2c(c(=O)n1-c1ccccc1C)C1(CCCCC1)Cc1ccccc1-2. The molecule has 1 saturated carbocycles. The zero-order chi connectivity index (χ0) is 25.3. The van der Waals surface area contributed by atoms with E-state index in [1.54, 1.807) is 4.57 Å². The molecule has 0 bridgehead atoms. The number of fused-ring (bicyclic) bond motifs is 4. The van der Waals surface area contributed by atoms with Gasteiger partial charge in [0.05, 0.1) is 16.9 Å². The largest absolute Gasteiger partial charge is 0.358 e. The molecule has 0 atom stereocenters. The molecule has 2 aromatic carbocycles. The summed E-state index contributed by atoms with van der Waals surface area (Å²) in [6.45, 7) is 8.41. The summed E-state index contributed by atoms with van der Waals surface area (Å²) < 4.78 is 1.72. The molecule has 36 heavy (non-hydrogen) atoms. The predicted molar refractivity (Wildman–Crippen MR) is 151 cm³/mol. The van der Waals surface area contributed by atoms with Crippen LogP contribution in [0.2, 0.25) is 0 Å². The van der Waals surface area contributed by atoms with Gasteiger partial charge in [-0.2, -0.15) is 0 Å². The van der Waals surface area contributed by atoms with Crippen LogP contribution in [0.4, 0.5) is 5.95 Å². The number of nitrogens with zero attached hydrogens (tertiary/aromatic N) is 2. The Hall–Kier alpha value is -3.45. The van der Waals surface area contributed by atoms with Gasteiger partial charge in [-0.25, -0.2) is 9.55 Å². The van der Waals surface area contributed by atoms with E-state index >= 15 is 0 Å². The van der Waals surface area contributed by atoms with Crippen molar-refractivity contribution in [1.82, 2.24) is 20.3 Å². The van der Waals surface area contributed by atoms with Crippen LogP contribution in [-0.2, 0) is 11.8 Å². The molecule has 1 heterocycles. The molecule has 2 aliphatic rings. The summed E-state index contributed by atoms with van der Waals surface area (Å²) >= 11 is 5.43. The van der Waals surface area contributed by atoms with E-state index < -0.39 is 0 Å². The van der Waals surface area contributed by atoms with Gasteiger partial charge in [0, 0.05) is 17.5 Å². The Balaban J connectivity index is 1.70. The van der Waals surface area contributed by atoms with Crippen molar-refractivity contribution in [3.63, 3.8) is 0 Å². The Morgan fingerprint density at radius 3 is 2.58 bits per heavy atom. The maximum atomic E-state index is 14.5. The van der Waals surface area contributed by atoms with Gasteiger partial charge in [0.15, 0.2) is 5.11 Å². The second kappa shape index (κ2) is 9.90. The van der Waals surface area contributed by atoms with Crippen LogP contribution < -0.4 is 21.7 Å². The van der Waals surface area contributed by atoms with Gasteiger partial charge in [-0.15, -0.1) is 0 Å². The number of aromatic nitrogens is 2. The number of para-hydroxylation sites is 1. The molecule has 1 fully saturated rings. The van der Waals surface area contributed by atoms with Crippen LogP contribution in [0.1, 0.15) is 55.7 Å². The molecule has 1 spiro atoms. The van der Waals surface area contributed by atoms with Crippen molar-refractivity contribution >= 4 is 23.3 Å². The fourth-order valence-corrected chi connectivity index (χ4v) is 5.84. The molecule has 0 radical (unpaired) electrons. The first-order valence-electron chi connectivity index (χ1n) is 12.7. The van der Waals surface area contributed by atoms with Crippen LogP contribution in [-0.4, -0.2) is 21.2 Å². The minimum Gasteiger partial charge on any atom is -0.358 e. The Morgan fingerprint density at radius 2 is 1.83 bits per heavy atom. The van der Waals surface area contributed by atoms with E-state index in [-0.39, 0.29) is 11.0 Å². The van der Waals surface area contributed by atoms with Crippen LogP contribution in [0, 0.1) is 6.92 Å². The van der Waals surface area contributed by atoms with Crippen molar-refractivity contribution < 1.29 is 0 Å². The molecule has 1 aromatic heterocycles. The summed E-state index contributed by atoms with van der Waals surface area (Å²) in [5.74, 6) is 0.412. The summed E-state index contributed by atoms with van der Waals surface area (Å²) in [6.07, 6.45) is 6.40. The Bertz CT molecular complexity index is 1390. The third-order valence-corrected chi connectivity index (χ3v) is 7.67. The number of hydrogen-bond acceptors (Lipinski definition) is 4. The predicted octanol–water partition coefficient (Wildman–Crippen LogP) is 5.33. The van der Waals surface area contributed by atoms with Gasteiger partial charge in [0.1, 0.15) is 0 Å². The standard InChI is InChI=1S/C29H33N5OS/c1-19(2)18-30-28(36)33-32-27-31-25-22-13-7-6-12-21(22)17-29(15-9-4-10-16-29)24(25)26(35)34(27)23-14-8-5-11-20(23)3/h5-8,11-14H,1,4,9-10,15-18H2,2-3H3,(H,31,32)(H2,30,33,36). The van der Waals surface area contributed by atoms with Crippen molar-refractivity contribution in [1.29, 1.82) is 0 Å². The van der Waals surface area contributed by atoms with Gasteiger partial charge in [0.2, 0.25) is 5.95 Å². The van der Waals surface area contributed by atoms with Crippen molar-refractivity contribution in [2.75, 3.05) is 12.0 Å². The van der Waals surface area contributed by atoms with Crippen LogP contribution in [0.15, 0.2) is 65.5 Å². The summed E-state index contributed by atoms with van der Waals surface area (Å²) in [5.41, 5.74) is 12.7. The number of hydrazine groups is 1. The molecule has 0 aliphatic heterocycles.